The van der Waals surface area contributed by atoms with Crippen molar-refractivity contribution >= 4 is 11.6 Å². The highest BCUT2D eigenvalue weighted by Crippen LogP contribution is 2.23. The highest BCUT2D eigenvalue weighted by molar-refractivity contribution is 6.02. The number of amides is 1. The minimum Gasteiger partial charge on any atom is -0.394 e. The van der Waals surface area contributed by atoms with Gasteiger partial charge in [-0.2, -0.15) is 0 Å². The Hall–Kier alpha value is -3.02. The molecule has 0 unspecified atom stereocenters. The van der Waals surface area contributed by atoms with E-state index in [1.54, 1.807) is 6.92 Å². The van der Waals surface area contributed by atoms with E-state index in [0.29, 0.717) is 29.2 Å². The van der Waals surface area contributed by atoms with Gasteiger partial charge in [0.05, 0.1) is 25.5 Å². The van der Waals surface area contributed by atoms with Gasteiger partial charge in [-0.05, 0) is 30.7 Å². The van der Waals surface area contributed by atoms with E-state index in [1.807, 2.05) is 0 Å². The van der Waals surface area contributed by atoms with Crippen molar-refractivity contribution in [3.63, 3.8) is 0 Å². The normalized spacial score (nSPS) is 22.9. The monoisotopic (exact) mass is 448 g/mol. The molecule has 11 heteroatoms. The van der Waals surface area contributed by atoms with Gasteiger partial charge in [-0.1, -0.05) is 11.2 Å². The van der Waals surface area contributed by atoms with E-state index < -0.39 is 17.5 Å². The lowest BCUT2D eigenvalue weighted by Gasteiger charge is -2.30. The maximum Gasteiger partial charge on any atom is 0.270 e. The number of nitrogens with zero attached hydrogens (tertiary/aromatic N) is 3. The Balaban J connectivity index is 1.39. The van der Waals surface area contributed by atoms with Crippen LogP contribution in [0.1, 0.15) is 34.0 Å². The van der Waals surface area contributed by atoms with Crippen LogP contribution in [-0.4, -0.2) is 64.8 Å². The lowest BCUT2D eigenvalue weighted by atomic mass is 10.0. The van der Waals surface area contributed by atoms with Crippen LogP contribution in [0.15, 0.2) is 29.4 Å². The maximum atomic E-state index is 13.3. The third kappa shape index (κ3) is 5.06. The Labute approximate surface area is 182 Å². The van der Waals surface area contributed by atoms with Crippen molar-refractivity contribution in [3.05, 3.63) is 58.7 Å². The SMILES string of the molecule is Cc1nc(C(=O)NCc2ccc(F)c(F)c2)cc(C2=NO[C@H]([C@H]3CO[C@H](CO)CO3)C2)n1. The van der Waals surface area contributed by atoms with Gasteiger partial charge in [0.1, 0.15) is 29.4 Å². The van der Waals surface area contributed by atoms with Crippen LogP contribution in [0, 0.1) is 18.6 Å². The molecule has 170 valence electrons. The third-order valence-electron chi connectivity index (χ3n) is 5.11. The molecule has 9 nitrogen and oxygen atoms in total. The maximum absolute atomic E-state index is 13.3. The van der Waals surface area contributed by atoms with Crippen LogP contribution in [0.3, 0.4) is 0 Å². The molecule has 0 aliphatic carbocycles. The fraction of sp³-hybridized carbons (Fsp3) is 0.429. The molecule has 4 rings (SSSR count). The van der Waals surface area contributed by atoms with Crippen LogP contribution < -0.4 is 5.32 Å². The second-order valence-electron chi connectivity index (χ2n) is 7.51. The first-order valence-electron chi connectivity index (χ1n) is 10.1. The number of nitrogens with one attached hydrogen (secondary N) is 1. The summed E-state index contributed by atoms with van der Waals surface area (Å²) in [4.78, 5) is 26.5. The topological polar surface area (TPSA) is 115 Å². The molecule has 3 atom stereocenters. The van der Waals surface area contributed by atoms with Gasteiger partial charge in [0.15, 0.2) is 17.7 Å². The molecule has 0 bridgehead atoms. The molecule has 0 spiro atoms. The lowest BCUT2D eigenvalue weighted by molar-refractivity contribution is -0.178. The molecule has 1 aromatic carbocycles. The number of carbonyl (C=O) groups is 1. The zero-order valence-electron chi connectivity index (χ0n) is 17.3. The van der Waals surface area contributed by atoms with Gasteiger partial charge in [0.2, 0.25) is 0 Å². The fourth-order valence-electron chi connectivity index (χ4n) is 3.38. The Bertz CT molecular complexity index is 1030. The number of halogens is 2. The number of aryl methyl sites for hydroxylation is 1. The number of oxime groups is 1. The molecule has 1 saturated heterocycles. The predicted molar refractivity (Wildman–Crippen MR) is 107 cm³/mol. The quantitative estimate of drug-likeness (QED) is 0.684. The molecular weight excluding hydrogens is 426 g/mol. The Morgan fingerprint density at radius 3 is 2.72 bits per heavy atom. The van der Waals surface area contributed by atoms with Crippen molar-refractivity contribution in [1.82, 2.24) is 15.3 Å². The summed E-state index contributed by atoms with van der Waals surface area (Å²) in [5, 5.41) is 15.8. The van der Waals surface area contributed by atoms with E-state index in [1.165, 1.54) is 12.1 Å². The summed E-state index contributed by atoms with van der Waals surface area (Å²) in [5.41, 5.74) is 1.52. The molecule has 2 aliphatic heterocycles. The van der Waals surface area contributed by atoms with Crippen molar-refractivity contribution in [2.45, 2.75) is 38.2 Å². The number of aliphatic hydroxyl groups is 1. The smallest absolute Gasteiger partial charge is 0.270 e. The molecule has 1 amide bonds. The average Bonchev–Trinajstić information content (AvgIpc) is 3.30. The van der Waals surface area contributed by atoms with Gasteiger partial charge in [-0.15, -0.1) is 0 Å². The zero-order valence-corrected chi connectivity index (χ0v) is 17.3. The Kier molecular flexibility index (Phi) is 6.68. The molecule has 3 heterocycles. The molecule has 2 aliphatic rings. The minimum atomic E-state index is -0.982. The van der Waals surface area contributed by atoms with Gasteiger partial charge in [-0.3, -0.25) is 4.79 Å². The summed E-state index contributed by atoms with van der Waals surface area (Å²) >= 11 is 0. The largest absolute Gasteiger partial charge is 0.394 e. The number of carbonyl (C=O) groups excluding carboxylic acids is 1. The van der Waals surface area contributed by atoms with Crippen LogP contribution in [0.4, 0.5) is 8.78 Å². The number of rotatable bonds is 6. The molecular formula is C21H22F2N4O5. The number of hydrogen-bond acceptors (Lipinski definition) is 8. The summed E-state index contributed by atoms with van der Waals surface area (Å²) in [7, 11) is 0. The van der Waals surface area contributed by atoms with Crippen LogP contribution >= 0.6 is 0 Å². The van der Waals surface area contributed by atoms with Crippen LogP contribution in [-0.2, 0) is 20.9 Å². The van der Waals surface area contributed by atoms with E-state index >= 15 is 0 Å². The van der Waals surface area contributed by atoms with Crippen molar-refractivity contribution in [2.24, 2.45) is 5.16 Å². The molecule has 0 radical (unpaired) electrons. The summed E-state index contributed by atoms with van der Waals surface area (Å²) in [6.07, 6.45) is -0.638. The molecule has 0 saturated carbocycles. The number of benzene rings is 1. The van der Waals surface area contributed by atoms with Crippen LogP contribution in [0.25, 0.3) is 0 Å². The molecule has 2 N–H and O–H groups in total. The first-order valence-corrected chi connectivity index (χ1v) is 10.1. The molecule has 1 fully saturated rings. The van der Waals surface area contributed by atoms with Gasteiger partial charge >= 0.3 is 0 Å². The van der Waals surface area contributed by atoms with E-state index in [0.717, 1.165) is 12.1 Å². The van der Waals surface area contributed by atoms with Crippen molar-refractivity contribution in [3.8, 4) is 0 Å². The van der Waals surface area contributed by atoms with E-state index in [2.05, 4.69) is 20.4 Å². The van der Waals surface area contributed by atoms with E-state index in [-0.39, 0.29) is 50.4 Å². The summed E-state index contributed by atoms with van der Waals surface area (Å²) in [6.45, 7) is 2.09. The van der Waals surface area contributed by atoms with E-state index in [4.69, 9.17) is 19.4 Å². The van der Waals surface area contributed by atoms with Crippen molar-refractivity contribution in [1.29, 1.82) is 0 Å². The second kappa shape index (κ2) is 9.63. The van der Waals surface area contributed by atoms with Crippen molar-refractivity contribution < 1.29 is 33.0 Å². The van der Waals surface area contributed by atoms with Gasteiger partial charge in [0, 0.05) is 13.0 Å². The first kappa shape index (κ1) is 22.2. The highest BCUT2D eigenvalue weighted by atomic mass is 19.2. The number of aliphatic hydroxyl groups excluding tert-OH is 1. The fourth-order valence-corrected chi connectivity index (χ4v) is 3.38. The third-order valence-corrected chi connectivity index (χ3v) is 5.11. The highest BCUT2D eigenvalue weighted by Gasteiger charge is 2.35. The Morgan fingerprint density at radius 1 is 1.16 bits per heavy atom. The lowest BCUT2D eigenvalue weighted by Crippen LogP contribution is -2.43. The Morgan fingerprint density at radius 2 is 2.00 bits per heavy atom. The summed E-state index contributed by atoms with van der Waals surface area (Å²) < 4.78 is 37.6. The van der Waals surface area contributed by atoms with Gasteiger partial charge < -0.3 is 24.7 Å². The summed E-state index contributed by atoms with van der Waals surface area (Å²) in [6, 6.07) is 4.92. The van der Waals surface area contributed by atoms with E-state index in [9.17, 15) is 13.6 Å². The van der Waals surface area contributed by atoms with Gasteiger partial charge in [-0.25, -0.2) is 18.7 Å². The van der Waals surface area contributed by atoms with Crippen LogP contribution in [0.2, 0.25) is 0 Å². The molecule has 2 aromatic rings. The minimum absolute atomic E-state index is 0.00834. The number of aromatic nitrogens is 2. The number of hydrogen-bond donors (Lipinski definition) is 2. The summed E-state index contributed by atoms with van der Waals surface area (Å²) in [5.74, 6) is -2.05. The molecule has 32 heavy (non-hydrogen) atoms. The average molecular weight is 448 g/mol. The zero-order chi connectivity index (χ0) is 22.7. The first-order chi connectivity index (χ1) is 15.4. The number of ether oxygens (including phenoxy) is 2. The molecule has 1 aromatic heterocycles. The van der Waals surface area contributed by atoms with Crippen molar-refractivity contribution in [2.75, 3.05) is 19.8 Å². The standard InChI is InChI=1S/C21H22F2N4O5/c1-11-25-16(17-6-19(32-27-17)20-10-30-13(8-28)9-31-20)5-18(26-11)21(29)24-7-12-2-3-14(22)15(23)4-12/h2-5,13,19-20,28H,6-10H2,1H3,(H,24,29)/t13-,19+,20-/m1/s1. The second-order valence-corrected chi connectivity index (χ2v) is 7.51. The van der Waals surface area contributed by atoms with Crippen LogP contribution in [0.5, 0.6) is 0 Å². The van der Waals surface area contributed by atoms with Gasteiger partial charge in [0.25, 0.3) is 5.91 Å². The predicted octanol–water partition coefficient (Wildman–Crippen LogP) is 1.26.